The molecule has 0 radical (unpaired) electrons. The second-order valence-corrected chi connectivity index (χ2v) is 7.51. The van der Waals surface area contributed by atoms with Gasteiger partial charge in [-0.25, -0.2) is 9.97 Å². The van der Waals surface area contributed by atoms with Gasteiger partial charge >= 0.3 is 0 Å². The summed E-state index contributed by atoms with van der Waals surface area (Å²) in [6.45, 7) is 8.78. The zero-order chi connectivity index (χ0) is 17.9. The second kappa shape index (κ2) is 7.68. The van der Waals surface area contributed by atoms with Gasteiger partial charge in [0.25, 0.3) is 0 Å². The molecular weight excluding hydrogens is 324 g/mol. The van der Waals surface area contributed by atoms with Crippen molar-refractivity contribution in [2.75, 3.05) is 51.2 Å². The van der Waals surface area contributed by atoms with Crippen molar-refractivity contribution >= 4 is 5.82 Å². The molecule has 0 spiro atoms. The molecule has 2 fully saturated rings. The number of nitrogens with zero attached hydrogens (tertiary/aromatic N) is 6. The van der Waals surface area contributed by atoms with E-state index in [1.165, 1.54) is 25.9 Å². The van der Waals surface area contributed by atoms with Crippen LogP contribution in [0, 0.1) is 6.92 Å². The third-order valence-electron chi connectivity index (χ3n) is 5.51. The lowest BCUT2D eigenvalue weighted by atomic mass is 10.0. The fraction of sp³-hybridized carbons (Fsp3) is 0.550. The van der Waals surface area contributed by atoms with E-state index in [1.54, 1.807) is 6.20 Å². The first-order chi connectivity index (χ1) is 12.7. The van der Waals surface area contributed by atoms with Crippen LogP contribution in [-0.4, -0.2) is 77.1 Å². The number of anilines is 1. The highest BCUT2D eigenvalue weighted by atomic mass is 15.3. The first kappa shape index (κ1) is 17.4. The molecule has 0 N–H and O–H groups in total. The minimum absolute atomic E-state index is 0.717. The average Bonchev–Trinajstić information content (AvgIpc) is 2.68. The van der Waals surface area contributed by atoms with Crippen LogP contribution in [0.15, 0.2) is 30.6 Å². The van der Waals surface area contributed by atoms with E-state index < -0.39 is 0 Å². The van der Waals surface area contributed by atoms with Crippen molar-refractivity contribution in [3.63, 3.8) is 0 Å². The van der Waals surface area contributed by atoms with Gasteiger partial charge < -0.3 is 9.80 Å². The van der Waals surface area contributed by atoms with Crippen molar-refractivity contribution in [1.29, 1.82) is 0 Å². The molecular formula is C20H28N6. The summed E-state index contributed by atoms with van der Waals surface area (Å²) in [5.41, 5.74) is 1.98. The van der Waals surface area contributed by atoms with Crippen molar-refractivity contribution in [3.05, 3.63) is 36.3 Å². The van der Waals surface area contributed by atoms with Crippen LogP contribution in [0.3, 0.4) is 0 Å². The van der Waals surface area contributed by atoms with E-state index in [0.717, 1.165) is 49.1 Å². The first-order valence-electron chi connectivity index (χ1n) is 9.63. The third-order valence-corrected chi connectivity index (χ3v) is 5.51. The molecule has 2 saturated heterocycles. The van der Waals surface area contributed by atoms with Crippen LogP contribution in [0.25, 0.3) is 11.4 Å². The summed E-state index contributed by atoms with van der Waals surface area (Å²) in [4.78, 5) is 21.2. The lowest BCUT2D eigenvalue weighted by Gasteiger charge is -2.43. The molecule has 1 unspecified atom stereocenters. The van der Waals surface area contributed by atoms with Gasteiger partial charge in [-0.2, -0.15) is 0 Å². The van der Waals surface area contributed by atoms with Crippen molar-refractivity contribution in [2.24, 2.45) is 0 Å². The summed E-state index contributed by atoms with van der Waals surface area (Å²) in [6.07, 6.45) is 6.27. The maximum atomic E-state index is 4.83. The maximum Gasteiger partial charge on any atom is 0.163 e. The first-order valence-corrected chi connectivity index (χ1v) is 9.63. The van der Waals surface area contributed by atoms with Gasteiger partial charge in [0, 0.05) is 68.5 Å². The number of aryl methyl sites for hydroxylation is 1. The van der Waals surface area contributed by atoms with Crippen LogP contribution in [0.2, 0.25) is 0 Å². The van der Waals surface area contributed by atoms with E-state index in [9.17, 15) is 0 Å². The highest BCUT2D eigenvalue weighted by molar-refractivity contribution is 5.56. The molecule has 0 saturated carbocycles. The summed E-state index contributed by atoms with van der Waals surface area (Å²) in [5.74, 6) is 1.81. The molecule has 138 valence electrons. The molecule has 2 aliphatic heterocycles. The summed E-state index contributed by atoms with van der Waals surface area (Å²) >= 11 is 0. The molecule has 2 aromatic heterocycles. The molecule has 26 heavy (non-hydrogen) atoms. The highest BCUT2D eigenvalue weighted by Crippen LogP contribution is 2.22. The van der Waals surface area contributed by atoms with Crippen molar-refractivity contribution in [3.8, 4) is 11.4 Å². The predicted octanol–water partition coefficient (Wildman–Crippen LogP) is 2.06. The van der Waals surface area contributed by atoms with Gasteiger partial charge in [0.2, 0.25) is 0 Å². The van der Waals surface area contributed by atoms with Gasteiger partial charge in [0.05, 0.1) is 0 Å². The van der Waals surface area contributed by atoms with E-state index in [4.69, 9.17) is 4.98 Å². The SMILES string of the molecule is Cc1cc(N2CCN(C3CCCN(C)C3)CC2)nc(-c2cccnc2)n1. The number of hydrogen-bond acceptors (Lipinski definition) is 6. The number of aromatic nitrogens is 3. The Labute approximate surface area is 155 Å². The normalized spacial score (nSPS) is 22.5. The molecule has 2 aromatic rings. The van der Waals surface area contributed by atoms with Gasteiger partial charge in [0.1, 0.15) is 5.82 Å². The van der Waals surface area contributed by atoms with Crippen LogP contribution in [0.5, 0.6) is 0 Å². The Bertz CT molecular complexity index is 726. The van der Waals surface area contributed by atoms with Gasteiger partial charge in [0.15, 0.2) is 5.82 Å². The molecule has 1 atom stereocenters. The number of hydrogen-bond donors (Lipinski definition) is 0. The van der Waals surface area contributed by atoms with Crippen LogP contribution in [0.4, 0.5) is 5.82 Å². The number of likely N-dealkylation sites (tertiary alicyclic amines) is 1. The third kappa shape index (κ3) is 3.86. The number of rotatable bonds is 3. The number of pyridine rings is 1. The summed E-state index contributed by atoms with van der Waals surface area (Å²) in [7, 11) is 2.24. The molecule has 2 aliphatic rings. The van der Waals surface area contributed by atoms with Gasteiger partial charge in [-0.05, 0) is 45.5 Å². The average molecular weight is 352 g/mol. The fourth-order valence-corrected chi connectivity index (χ4v) is 4.09. The number of piperazine rings is 1. The van der Waals surface area contributed by atoms with Crippen molar-refractivity contribution in [2.45, 2.75) is 25.8 Å². The standard InChI is InChI=1S/C20H28N6/c1-16-13-19(23-20(22-16)17-5-3-7-21-14-17)26-11-9-25(10-12-26)18-6-4-8-24(2)15-18/h3,5,7,13-14,18H,4,6,8-12,15H2,1-2H3. The summed E-state index contributed by atoms with van der Waals surface area (Å²) < 4.78 is 0. The van der Waals surface area contributed by atoms with E-state index in [0.29, 0.717) is 6.04 Å². The van der Waals surface area contributed by atoms with E-state index in [1.807, 2.05) is 25.3 Å². The number of likely N-dealkylation sites (N-methyl/N-ethyl adjacent to an activating group) is 1. The zero-order valence-electron chi connectivity index (χ0n) is 15.8. The quantitative estimate of drug-likeness (QED) is 0.843. The Hall–Kier alpha value is -2.05. The summed E-state index contributed by atoms with van der Waals surface area (Å²) in [6, 6.07) is 6.77. The largest absolute Gasteiger partial charge is 0.354 e. The zero-order valence-corrected chi connectivity index (χ0v) is 15.8. The van der Waals surface area contributed by atoms with Crippen LogP contribution in [-0.2, 0) is 0 Å². The molecule has 0 aliphatic carbocycles. The molecule has 6 heteroatoms. The van der Waals surface area contributed by atoms with Crippen LogP contribution < -0.4 is 4.90 Å². The second-order valence-electron chi connectivity index (χ2n) is 7.51. The molecule has 6 nitrogen and oxygen atoms in total. The van der Waals surface area contributed by atoms with Crippen molar-refractivity contribution in [1.82, 2.24) is 24.8 Å². The highest BCUT2D eigenvalue weighted by Gasteiger charge is 2.27. The molecule has 0 aromatic carbocycles. The van der Waals surface area contributed by atoms with Crippen LogP contribution >= 0.6 is 0 Å². The van der Waals surface area contributed by atoms with E-state index in [2.05, 4.69) is 37.8 Å². The topological polar surface area (TPSA) is 48.4 Å². The molecule has 4 heterocycles. The minimum atomic E-state index is 0.717. The minimum Gasteiger partial charge on any atom is -0.354 e. The molecule has 0 bridgehead atoms. The van der Waals surface area contributed by atoms with Crippen LogP contribution in [0.1, 0.15) is 18.5 Å². The lowest BCUT2D eigenvalue weighted by Crippen LogP contribution is -2.54. The molecule has 4 rings (SSSR count). The Balaban J connectivity index is 1.45. The number of piperidine rings is 1. The summed E-state index contributed by atoms with van der Waals surface area (Å²) in [5, 5.41) is 0. The Kier molecular flexibility index (Phi) is 5.13. The van der Waals surface area contributed by atoms with E-state index >= 15 is 0 Å². The van der Waals surface area contributed by atoms with Gasteiger partial charge in [-0.15, -0.1) is 0 Å². The predicted molar refractivity (Wildman–Crippen MR) is 104 cm³/mol. The lowest BCUT2D eigenvalue weighted by molar-refractivity contribution is 0.106. The van der Waals surface area contributed by atoms with E-state index in [-0.39, 0.29) is 0 Å². The fourth-order valence-electron chi connectivity index (χ4n) is 4.09. The Morgan fingerprint density at radius 3 is 2.65 bits per heavy atom. The maximum absolute atomic E-state index is 4.83. The monoisotopic (exact) mass is 352 g/mol. The Morgan fingerprint density at radius 2 is 1.92 bits per heavy atom. The smallest absolute Gasteiger partial charge is 0.163 e. The molecule has 0 amide bonds. The van der Waals surface area contributed by atoms with Crippen molar-refractivity contribution < 1.29 is 0 Å². The van der Waals surface area contributed by atoms with Gasteiger partial charge in [-0.1, -0.05) is 0 Å². The Morgan fingerprint density at radius 1 is 1.08 bits per heavy atom. The van der Waals surface area contributed by atoms with Gasteiger partial charge in [-0.3, -0.25) is 9.88 Å².